The van der Waals surface area contributed by atoms with E-state index in [1.165, 1.54) is 31.2 Å². The normalized spacial score (nSPS) is 15.2. The van der Waals surface area contributed by atoms with Crippen molar-refractivity contribution in [1.82, 2.24) is 5.32 Å². The molecule has 2 aliphatic carbocycles. The van der Waals surface area contributed by atoms with Gasteiger partial charge in [-0.2, -0.15) is 0 Å². The quantitative estimate of drug-likeness (QED) is 0.465. The maximum atomic E-state index is 13.5. The Morgan fingerprint density at radius 1 is 1.03 bits per heavy atom. The van der Waals surface area contributed by atoms with Crippen molar-refractivity contribution >= 4 is 45.7 Å². The van der Waals surface area contributed by atoms with Gasteiger partial charge < -0.3 is 25.7 Å². The second-order valence-corrected chi connectivity index (χ2v) is 8.60. The number of ketones is 1. The van der Waals surface area contributed by atoms with Crippen LogP contribution in [0.15, 0.2) is 35.9 Å². The topological polar surface area (TPSA) is 144 Å². The zero-order chi connectivity index (χ0) is 23.3. The third-order valence-corrected chi connectivity index (χ3v) is 6.50. The van der Waals surface area contributed by atoms with E-state index in [0.717, 1.165) is 11.8 Å². The Bertz CT molecular complexity index is 1280. The van der Waals surface area contributed by atoms with Gasteiger partial charge in [0.1, 0.15) is 23.3 Å². The lowest BCUT2D eigenvalue weighted by atomic mass is 9.84. The van der Waals surface area contributed by atoms with Gasteiger partial charge in [-0.15, -0.1) is 11.8 Å². The molecule has 32 heavy (non-hydrogen) atoms. The highest BCUT2D eigenvalue weighted by atomic mass is 32.2. The molecule has 2 aromatic rings. The van der Waals surface area contributed by atoms with Crippen molar-refractivity contribution in [2.24, 2.45) is 0 Å². The Morgan fingerprint density at radius 2 is 1.75 bits per heavy atom. The first-order valence-electron chi connectivity index (χ1n) is 9.63. The number of carboxylic acids is 1. The number of Topliss-reactive ketones (excluding diaryl/α,β-unsaturated/α-hetero) is 1. The number of rotatable bonds is 5. The summed E-state index contributed by atoms with van der Waals surface area (Å²) in [5, 5.41) is 43.8. The van der Waals surface area contributed by atoms with Gasteiger partial charge >= 0.3 is 5.97 Å². The number of aromatic hydroxyl groups is 2. The molecule has 0 unspecified atom stereocenters. The van der Waals surface area contributed by atoms with Crippen LogP contribution in [-0.2, 0) is 9.59 Å². The molecule has 0 fully saturated rings. The number of aliphatic hydroxyl groups is 1. The summed E-state index contributed by atoms with van der Waals surface area (Å²) in [5.74, 6) is -3.10. The van der Waals surface area contributed by atoms with Gasteiger partial charge in [-0.05, 0) is 30.7 Å². The van der Waals surface area contributed by atoms with E-state index in [9.17, 15) is 34.8 Å². The summed E-state index contributed by atoms with van der Waals surface area (Å²) >= 11 is 1.02. The number of amides is 1. The molecule has 1 atom stereocenters. The Hall–Kier alpha value is -3.72. The minimum atomic E-state index is -1.24. The standard InChI is InChI=1S/C23H19NO7S/c1-9-6-12-16(15(27)7-9)18-19(22(12)32-8-13(23(30)31)24-10(2)25)21(29)17-11(20(18)28)4-3-5-14(17)26/h3-7,13,26-28H,8H2,1-2H3,(H,24,25)(H,30,31)/t13-/m0/s1. The van der Waals surface area contributed by atoms with Crippen molar-refractivity contribution in [3.8, 4) is 11.5 Å². The molecule has 9 heteroatoms. The number of phenolic OH excluding ortho intramolecular Hbond substituents is 2. The highest BCUT2D eigenvalue weighted by Crippen LogP contribution is 2.55. The predicted octanol–water partition coefficient (Wildman–Crippen LogP) is 3.08. The largest absolute Gasteiger partial charge is 0.507 e. The summed E-state index contributed by atoms with van der Waals surface area (Å²) in [6, 6.07) is 6.36. The summed E-state index contributed by atoms with van der Waals surface area (Å²) in [7, 11) is 0. The molecule has 0 spiro atoms. The molecule has 0 heterocycles. The Labute approximate surface area is 186 Å². The molecule has 0 saturated carbocycles. The Morgan fingerprint density at radius 3 is 2.41 bits per heavy atom. The first-order valence-corrected chi connectivity index (χ1v) is 10.6. The fourth-order valence-corrected chi connectivity index (χ4v) is 5.22. The van der Waals surface area contributed by atoms with E-state index in [1.807, 2.05) is 0 Å². The van der Waals surface area contributed by atoms with Crippen LogP contribution in [0.4, 0.5) is 0 Å². The smallest absolute Gasteiger partial charge is 0.327 e. The number of carboxylic acid groups (broad SMARTS) is 1. The molecule has 0 bridgehead atoms. The summed E-state index contributed by atoms with van der Waals surface area (Å²) in [5.41, 5.74) is 1.72. The van der Waals surface area contributed by atoms with Gasteiger partial charge in [0.05, 0.1) is 5.56 Å². The molecule has 8 nitrogen and oxygen atoms in total. The molecular formula is C23H19NO7S. The van der Waals surface area contributed by atoms with Gasteiger partial charge in [0.2, 0.25) is 5.91 Å². The number of benzene rings is 2. The first kappa shape index (κ1) is 21.5. The van der Waals surface area contributed by atoms with Gasteiger partial charge in [-0.3, -0.25) is 9.59 Å². The van der Waals surface area contributed by atoms with Crippen molar-refractivity contribution in [2.75, 3.05) is 5.75 Å². The van der Waals surface area contributed by atoms with Crippen molar-refractivity contribution in [3.05, 3.63) is 63.7 Å². The number of fused-ring (bicyclic) bond motifs is 4. The maximum absolute atomic E-state index is 13.5. The fourth-order valence-electron chi connectivity index (χ4n) is 4.01. The SMILES string of the molecule is CC(=O)N[C@@H](CSC1=C2C(=O)c3c(O)cccc3C(O)=C2c2c(O)cc(C)cc21)C(=O)O. The monoisotopic (exact) mass is 453 g/mol. The van der Waals surface area contributed by atoms with Crippen LogP contribution in [0.3, 0.4) is 0 Å². The maximum Gasteiger partial charge on any atom is 0.327 e. The summed E-state index contributed by atoms with van der Waals surface area (Å²) in [6.45, 7) is 2.96. The van der Waals surface area contributed by atoms with Crippen molar-refractivity contribution in [1.29, 1.82) is 0 Å². The number of carbonyl (C=O) groups excluding carboxylic acids is 2. The average molecular weight is 453 g/mol. The van der Waals surface area contributed by atoms with Crippen molar-refractivity contribution < 1.29 is 34.8 Å². The molecule has 1 amide bonds. The second kappa shape index (κ2) is 7.76. The molecule has 0 saturated heterocycles. The zero-order valence-corrected chi connectivity index (χ0v) is 17.9. The van der Waals surface area contributed by atoms with E-state index in [1.54, 1.807) is 13.0 Å². The Kier molecular flexibility index (Phi) is 5.21. The van der Waals surface area contributed by atoms with Crippen LogP contribution in [0.2, 0.25) is 0 Å². The number of thioether (sulfide) groups is 1. The van der Waals surface area contributed by atoms with Gasteiger partial charge in [0.15, 0.2) is 5.78 Å². The van der Waals surface area contributed by atoms with Crippen LogP contribution >= 0.6 is 11.8 Å². The third kappa shape index (κ3) is 3.31. The third-order valence-electron chi connectivity index (χ3n) is 5.29. The highest BCUT2D eigenvalue weighted by Gasteiger charge is 2.42. The number of phenols is 2. The number of aryl methyl sites for hydroxylation is 1. The number of hydrogen-bond acceptors (Lipinski definition) is 7. The minimum absolute atomic E-state index is 0.0671. The number of aliphatic hydroxyl groups excluding tert-OH is 1. The van der Waals surface area contributed by atoms with E-state index in [0.29, 0.717) is 16.0 Å². The molecule has 5 N–H and O–H groups in total. The summed E-state index contributed by atoms with van der Waals surface area (Å²) < 4.78 is 0. The van der Waals surface area contributed by atoms with Crippen LogP contribution in [-0.4, -0.2) is 49.9 Å². The van der Waals surface area contributed by atoms with Crippen LogP contribution in [0.25, 0.3) is 16.2 Å². The van der Waals surface area contributed by atoms with Crippen LogP contribution in [0, 0.1) is 6.92 Å². The van der Waals surface area contributed by atoms with Gasteiger partial charge in [0, 0.05) is 45.4 Å². The van der Waals surface area contributed by atoms with Crippen LogP contribution in [0.5, 0.6) is 11.5 Å². The molecular weight excluding hydrogens is 434 g/mol. The zero-order valence-electron chi connectivity index (χ0n) is 17.1. The minimum Gasteiger partial charge on any atom is -0.507 e. The van der Waals surface area contributed by atoms with E-state index in [2.05, 4.69) is 5.32 Å². The second-order valence-electron chi connectivity index (χ2n) is 7.57. The van der Waals surface area contributed by atoms with E-state index < -0.39 is 23.7 Å². The summed E-state index contributed by atoms with van der Waals surface area (Å²) in [6.07, 6.45) is 0. The van der Waals surface area contributed by atoms with E-state index in [4.69, 9.17) is 0 Å². The van der Waals surface area contributed by atoms with Crippen LogP contribution in [0.1, 0.15) is 39.5 Å². The van der Waals surface area contributed by atoms with Gasteiger partial charge in [-0.25, -0.2) is 4.79 Å². The Balaban J connectivity index is 1.93. The number of hydrogen-bond donors (Lipinski definition) is 5. The number of allylic oxidation sites excluding steroid dienone is 2. The first-order chi connectivity index (χ1) is 15.1. The van der Waals surface area contributed by atoms with E-state index >= 15 is 0 Å². The highest BCUT2D eigenvalue weighted by molar-refractivity contribution is 8.08. The number of aliphatic carboxylic acids is 1. The lowest BCUT2D eigenvalue weighted by molar-refractivity contribution is -0.140. The summed E-state index contributed by atoms with van der Waals surface area (Å²) in [4.78, 5) is 36.8. The number of carbonyl (C=O) groups is 3. The molecule has 164 valence electrons. The van der Waals surface area contributed by atoms with Crippen molar-refractivity contribution in [3.63, 3.8) is 0 Å². The predicted molar refractivity (Wildman–Crippen MR) is 119 cm³/mol. The van der Waals surface area contributed by atoms with E-state index in [-0.39, 0.29) is 50.8 Å². The average Bonchev–Trinajstić information content (AvgIpc) is 3.03. The molecule has 0 aliphatic heterocycles. The lowest BCUT2D eigenvalue weighted by Crippen LogP contribution is -2.41. The number of nitrogens with one attached hydrogen (secondary N) is 1. The molecule has 0 aromatic heterocycles. The lowest BCUT2D eigenvalue weighted by Gasteiger charge is -2.20. The fraction of sp³-hybridized carbons (Fsp3) is 0.174. The van der Waals surface area contributed by atoms with Crippen molar-refractivity contribution in [2.45, 2.75) is 19.9 Å². The molecule has 2 aliphatic rings. The molecule has 2 aromatic carbocycles. The van der Waals surface area contributed by atoms with Gasteiger partial charge in [0.25, 0.3) is 0 Å². The van der Waals surface area contributed by atoms with Gasteiger partial charge in [-0.1, -0.05) is 12.1 Å². The molecule has 4 rings (SSSR count). The van der Waals surface area contributed by atoms with Crippen LogP contribution < -0.4 is 5.32 Å². The molecule has 0 radical (unpaired) electrons.